The second-order valence-corrected chi connectivity index (χ2v) is 5.31. The molecule has 2 rings (SSSR count). The van der Waals surface area contributed by atoms with E-state index in [-0.39, 0.29) is 10.8 Å². The van der Waals surface area contributed by atoms with Gasteiger partial charge in [0.25, 0.3) is 5.91 Å². The van der Waals surface area contributed by atoms with Crippen molar-refractivity contribution in [2.24, 2.45) is 0 Å². The monoisotopic (exact) mass is 355 g/mol. The molecule has 104 valence electrons. The van der Waals surface area contributed by atoms with Crippen LogP contribution in [0.4, 0.5) is 10.1 Å². The van der Waals surface area contributed by atoms with Crippen LogP contribution in [0.25, 0.3) is 0 Å². The molecule has 0 aliphatic rings. The van der Waals surface area contributed by atoms with Crippen LogP contribution in [-0.2, 0) is 0 Å². The minimum absolute atomic E-state index is 0.131. The molecule has 2 aromatic rings. The van der Waals surface area contributed by atoms with Gasteiger partial charge < -0.3 is 10.1 Å². The number of hydrogen-bond donors (Lipinski definition) is 2. The van der Waals surface area contributed by atoms with Crippen molar-refractivity contribution < 1.29 is 13.9 Å². The summed E-state index contributed by atoms with van der Waals surface area (Å²) in [5.74, 6) is -0.198. The molecule has 2 aromatic carbocycles. The van der Waals surface area contributed by atoms with Gasteiger partial charge in [-0.15, -0.1) is 12.6 Å². The molecule has 20 heavy (non-hydrogen) atoms. The van der Waals surface area contributed by atoms with Gasteiger partial charge in [-0.1, -0.05) is 0 Å². The normalized spacial score (nSPS) is 10.2. The van der Waals surface area contributed by atoms with E-state index in [1.54, 1.807) is 25.3 Å². The molecule has 0 aromatic heterocycles. The van der Waals surface area contributed by atoms with Crippen LogP contribution in [0.3, 0.4) is 0 Å². The lowest BCUT2D eigenvalue weighted by molar-refractivity contribution is 0.102. The second kappa shape index (κ2) is 6.28. The van der Waals surface area contributed by atoms with Crippen LogP contribution in [0.1, 0.15) is 10.4 Å². The predicted octanol–water partition coefficient (Wildman–Crippen LogP) is 4.14. The number of anilines is 1. The Balaban J connectivity index is 2.21. The Bertz CT molecular complexity index is 664. The SMILES string of the molecule is COc1cc(NC(=O)c2ccc(F)c(S)c2)ccc1Br. The molecule has 0 unspecified atom stereocenters. The summed E-state index contributed by atoms with van der Waals surface area (Å²) >= 11 is 7.28. The summed E-state index contributed by atoms with van der Waals surface area (Å²) in [7, 11) is 1.54. The molecule has 0 bridgehead atoms. The van der Waals surface area contributed by atoms with Gasteiger partial charge in [0, 0.05) is 22.2 Å². The van der Waals surface area contributed by atoms with E-state index >= 15 is 0 Å². The number of amides is 1. The molecule has 1 amide bonds. The average molecular weight is 356 g/mol. The molecular weight excluding hydrogens is 345 g/mol. The van der Waals surface area contributed by atoms with Gasteiger partial charge in [-0.05, 0) is 46.3 Å². The van der Waals surface area contributed by atoms with E-state index in [0.717, 1.165) is 4.47 Å². The van der Waals surface area contributed by atoms with Crippen molar-refractivity contribution in [3.63, 3.8) is 0 Å². The van der Waals surface area contributed by atoms with E-state index in [4.69, 9.17) is 4.74 Å². The lowest BCUT2D eigenvalue weighted by Crippen LogP contribution is -2.12. The number of benzene rings is 2. The van der Waals surface area contributed by atoms with Crippen molar-refractivity contribution >= 4 is 40.2 Å². The van der Waals surface area contributed by atoms with Crippen LogP contribution in [0.2, 0.25) is 0 Å². The van der Waals surface area contributed by atoms with Crippen LogP contribution in [-0.4, -0.2) is 13.0 Å². The van der Waals surface area contributed by atoms with Crippen LogP contribution >= 0.6 is 28.6 Å². The van der Waals surface area contributed by atoms with Crippen molar-refractivity contribution in [2.45, 2.75) is 4.90 Å². The van der Waals surface area contributed by atoms with E-state index in [2.05, 4.69) is 33.9 Å². The van der Waals surface area contributed by atoms with E-state index in [9.17, 15) is 9.18 Å². The molecule has 0 atom stereocenters. The van der Waals surface area contributed by atoms with Gasteiger partial charge in [0.2, 0.25) is 0 Å². The third-order valence-corrected chi connectivity index (χ3v) is 3.62. The molecule has 0 heterocycles. The third kappa shape index (κ3) is 3.32. The van der Waals surface area contributed by atoms with Crippen molar-refractivity contribution in [1.82, 2.24) is 0 Å². The highest BCUT2D eigenvalue weighted by molar-refractivity contribution is 9.10. The fourth-order valence-electron chi connectivity index (χ4n) is 1.59. The number of nitrogens with one attached hydrogen (secondary N) is 1. The number of thiol groups is 1. The molecule has 3 nitrogen and oxygen atoms in total. The van der Waals surface area contributed by atoms with E-state index in [0.29, 0.717) is 17.0 Å². The van der Waals surface area contributed by atoms with E-state index in [1.807, 2.05) is 0 Å². The Morgan fingerprint density at radius 1 is 1.30 bits per heavy atom. The molecule has 0 aliphatic carbocycles. The maximum absolute atomic E-state index is 13.1. The highest BCUT2D eigenvalue weighted by Crippen LogP contribution is 2.28. The topological polar surface area (TPSA) is 38.3 Å². The van der Waals surface area contributed by atoms with E-state index in [1.165, 1.54) is 18.2 Å². The number of carbonyl (C=O) groups excluding carboxylic acids is 1. The smallest absolute Gasteiger partial charge is 0.255 e. The van der Waals surface area contributed by atoms with Gasteiger partial charge in [0.1, 0.15) is 11.6 Å². The number of hydrogen-bond acceptors (Lipinski definition) is 3. The lowest BCUT2D eigenvalue weighted by atomic mass is 10.2. The fraction of sp³-hybridized carbons (Fsp3) is 0.0714. The highest BCUT2D eigenvalue weighted by atomic mass is 79.9. The molecule has 0 radical (unpaired) electrons. The summed E-state index contributed by atoms with van der Waals surface area (Å²) in [6.07, 6.45) is 0. The third-order valence-electron chi connectivity index (χ3n) is 2.62. The number of halogens is 2. The van der Waals surface area contributed by atoms with Crippen molar-refractivity contribution in [2.75, 3.05) is 12.4 Å². The van der Waals surface area contributed by atoms with Crippen LogP contribution < -0.4 is 10.1 Å². The zero-order valence-electron chi connectivity index (χ0n) is 10.5. The largest absolute Gasteiger partial charge is 0.495 e. The molecule has 0 saturated heterocycles. The average Bonchev–Trinajstić information content (AvgIpc) is 2.43. The number of methoxy groups -OCH3 is 1. The lowest BCUT2D eigenvalue weighted by Gasteiger charge is -2.09. The quantitative estimate of drug-likeness (QED) is 0.812. The summed E-state index contributed by atoms with van der Waals surface area (Å²) < 4.78 is 19.0. The first-order valence-corrected chi connectivity index (χ1v) is 6.88. The summed E-state index contributed by atoms with van der Waals surface area (Å²) in [5, 5.41) is 2.71. The molecule has 1 N–H and O–H groups in total. The zero-order chi connectivity index (χ0) is 14.7. The molecular formula is C14H11BrFNO2S. The highest BCUT2D eigenvalue weighted by Gasteiger charge is 2.10. The number of rotatable bonds is 3. The van der Waals surface area contributed by atoms with Gasteiger partial charge in [-0.3, -0.25) is 4.79 Å². The predicted molar refractivity (Wildman–Crippen MR) is 82.3 cm³/mol. The Morgan fingerprint density at radius 3 is 2.70 bits per heavy atom. The van der Waals surface area contributed by atoms with Gasteiger partial charge >= 0.3 is 0 Å². The summed E-state index contributed by atoms with van der Waals surface area (Å²) in [4.78, 5) is 12.2. The summed E-state index contributed by atoms with van der Waals surface area (Å²) in [6.45, 7) is 0. The maximum Gasteiger partial charge on any atom is 0.255 e. The first-order chi connectivity index (χ1) is 9.51. The van der Waals surface area contributed by atoms with Gasteiger partial charge in [-0.2, -0.15) is 0 Å². The van der Waals surface area contributed by atoms with Crippen LogP contribution in [0, 0.1) is 5.82 Å². The van der Waals surface area contributed by atoms with Gasteiger partial charge in [-0.25, -0.2) is 4.39 Å². The Hall–Kier alpha value is -1.53. The molecule has 0 spiro atoms. The summed E-state index contributed by atoms with van der Waals surface area (Å²) in [5.41, 5.74) is 0.915. The fourth-order valence-corrected chi connectivity index (χ4v) is 2.22. The number of ether oxygens (including phenoxy) is 1. The number of carbonyl (C=O) groups is 1. The van der Waals surface area contributed by atoms with Gasteiger partial charge in [0.05, 0.1) is 11.6 Å². The molecule has 6 heteroatoms. The first kappa shape index (κ1) is 14.9. The first-order valence-electron chi connectivity index (χ1n) is 5.64. The Kier molecular flexibility index (Phi) is 4.67. The van der Waals surface area contributed by atoms with Crippen molar-refractivity contribution in [3.8, 4) is 5.75 Å². The standard InChI is InChI=1S/C14H11BrFNO2S/c1-19-12-7-9(3-4-10(12)15)17-14(18)8-2-5-11(16)13(20)6-8/h2-7,20H,1H3,(H,17,18). The van der Waals surface area contributed by atoms with Crippen LogP contribution in [0.15, 0.2) is 45.8 Å². The minimum Gasteiger partial charge on any atom is -0.495 e. The Morgan fingerprint density at radius 2 is 2.05 bits per heavy atom. The second-order valence-electron chi connectivity index (χ2n) is 3.97. The maximum atomic E-state index is 13.1. The summed E-state index contributed by atoms with van der Waals surface area (Å²) in [6, 6.07) is 9.18. The van der Waals surface area contributed by atoms with Crippen LogP contribution in [0.5, 0.6) is 5.75 Å². The molecule has 0 aliphatic heterocycles. The van der Waals surface area contributed by atoms with Crippen molar-refractivity contribution in [1.29, 1.82) is 0 Å². The molecule has 0 fully saturated rings. The van der Waals surface area contributed by atoms with Gasteiger partial charge in [0.15, 0.2) is 0 Å². The minimum atomic E-state index is -0.463. The Labute approximate surface area is 129 Å². The van der Waals surface area contributed by atoms with E-state index < -0.39 is 5.82 Å². The molecule has 0 saturated carbocycles. The van der Waals surface area contributed by atoms with Crippen molar-refractivity contribution in [3.05, 3.63) is 52.3 Å². The zero-order valence-corrected chi connectivity index (χ0v) is 13.0.